The molecular weight excluding hydrogens is 196 g/mol. The molecule has 76 valence electrons. The van der Waals surface area contributed by atoms with Gasteiger partial charge in [-0.25, -0.2) is 4.98 Å². The van der Waals surface area contributed by atoms with Crippen molar-refractivity contribution in [3.8, 4) is 0 Å². The molecule has 0 spiro atoms. The van der Waals surface area contributed by atoms with Crippen LogP contribution in [0, 0.1) is 6.92 Å². The highest BCUT2D eigenvalue weighted by molar-refractivity contribution is 6.22. The molecule has 0 amide bonds. The van der Waals surface area contributed by atoms with Crippen LogP contribution in [-0.2, 0) is 7.05 Å². The minimum Gasteiger partial charge on any atom is -0.332 e. The highest BCUT2D eigenvalue weighted by Gasteiger charge is 2.15. The molecule has 0 N–H and O–H groups in total. The van der Waals surface area contributed by atoms with Crippen LogP contribution in [0.4, 0.5) is 0 Å². The first-order valence-electron chi connectivity index (χ1n) is 5.02. The fourth-order valence-electron chi connectivity index (χ4n) is 1.89. The molecule has 0 aromatic carbocycles. The first-order valence-corrected chi connectivity index (χ1v) is 5.45. The van der Waals surface area contributed by atoms with E-state index in [1.54, 1.807) is 0 Å². The van der Waals surface area contributed by atoms with Gasteiger partial charge in [-0.3, -0.25) is 0 Å². The Kier molecular flexibility index (Phi) is 2.64. The molecule has 2 rings (SSSR count). The maximum Gasteiger partial charge on any atom is 0.105 e. The molecular formula is C11H15ClN2. The number of halogens is 1. The molecule has 0 radical (unpaired) electrons. The number of aromatic nitrogens is 2. The molecule has 1 unspecified atom stereocenters. The van der Waals surface area contributed by atoms with Gasteiger partial charge in [0.05, 0.1) is 17.3 Å². The van der Waals surface area contributed by atoms with Crippen LogP contribution < -0.4 is 0 Å². The normalized spacial score (nSPS) is 22.2. The summed E-state index contributed by atoms with van der Waals surface area (Å²) in [6.45, 7) is 2.02. The molecule has 0 saturated heterocycles. The number of hydrogen-bond acceptors (Lipinski definition) is 1. The molecule has 2 nitrogen and oxygen atoms in total. The summed E-state index contributed by atoms with van der Waals surface area (Å²) >= 11 is 6.11. The van der Waals surface area contributed by atoms with Crippen molar-refractivity contribution in [1.82, 2.24) is 9.55 Å². The largest absolute Gasteiger partial charge is 0.332 e. The van der Waals surface area contributed by atoms with E-state index in [9.17, 15) is 0 Å². The lowest BCUT2D eigenvalue weighted by Crippen LogP contribution is -2.05. The Morgan fingerprint density at radius 2 is 2.36 bits per heavy atom. The summed E-state index contributed by atoms with van der Waals surface area (Å²) in [4.78, 5) is 4.30. The fourth-order valence-corrected chi connectivity index (χ4v) is 2.19. The Morgan fingerprint density at radius 3 is 2.93 bits per heavy atom. The number of imidazole rings is 1. The summed E-state index contributed by atoms with van der Waals surface area (Å²) in [5.74, 6) is 1.05. The number of hydrogen-bond donors (Lipinski definition) is 0. The second kappa shape index (κ2) is 3.77. The third-order valence-corrected chi connectivity index (χ3v) is 3.20. The monoisotopic (exact) mass is 210 g/mol. The Bertz CT molecular complexity index is 365. The Balaban J connectivity index is 2.35. The van der Waals surface area contributed by atoms with E-state index in [0.717, 1.165) is 18.7 Å². The van der Waals surface area contributed by atoms with Gasteiger partial charge < -0.3 is 4.57 Å². The van der Waals surface area contributed by atoms with Crippen LogP contribution in [0.15, 0.2) is 12.3 Å². The van der Waals surface area contributed by atoms with Gasteiger partial charge in [0.25, 0.3) is 0 Å². The summed E-state index contributed by atoms with van der Waals surface area (Å²) in [6.07, 6.45) is 7.52. The molecule has 0 saturated carbocycles. The van der Waals surface area contributed by atoms with Crippen LogP contribution in [0.1, 0.15) is 30.8 Å². The number of nitrogens with zero attached hydrogens (tertiary/aromatic N) is 2. The van der Waals surface area contributed by atoms with Crippen molar-refractivity contribution < 1.29 is 0 Å². The van der Waals surface area contributed by atoms with Crippen molar-refractivity contribution >= 4 is 17.2 Å². The van der Waals surface area contributed by atoms with Crippen LogP contribution in [0.25, 0.3) is 5.57 Å². The van der Waals surface area contributed by atoms with Crippen molar-refractivity contribution in [2.24, 2.45) is 7.05 Å². The van der Waals surface area contributed by atoms with Crippen LogP contribution in [0.3, 0.4) is 0 Å². The van der Waals surface area contributed by atoms with Gasteiger partial charge in [-0.1, -0.05) is 6.08 Å². The lowest BCUT2D eigenvalue weighted by Gasteiger charge is -2.16. The van der Waals surface area contributed by atoms with Crippen LogP contribution in [0.2, 0.25) is 0 Å². The zero-order chi connectivity index (χ0) is 10.1. The number of rotatable bonds is 1. The SMILES string of the molecule is Cc1ncc(C2=CC(Cl)CCC2)n1C. The second-order valence-electron chi connectivity index (χ2n) is 3.85. The van der Waals surface area contributed by atoms with Crippen molar-refractivity contribution in [3.05, 3.63) is 23.8 Å². The third kappa shape index (κ3) is 1.71. The molecule has 0 bridgehead atoms. The molecule has 1 aliphatic carbocycles. The van der Waals surface area contributed by atoms with Crippen LogP contribution in [0.5, 0.6) is 0 Å². The first kappa shape index (κ1) is 9.78. The average Bonchev–Trinajstić information content (AvgIpc) is 2.48. The maximum atomic E-state index is 6.11. The van der Waals surface area contributed by atoms with E-state index in [4.69, 9.17) is 11.6 Å². The molecule has 1 aliphatic rings. The van der Waals surface area contributed by atoms with Crippen molar-refractivity contribution in [3.63, 3.8) is 0 Å². The van der Waals surface area contributed by atoms with Gasteiger partial charge in [-0.05, 0) is 31.8 Å². The Morgan fingerprint density at radius 1 is 1.57 bits per heavy atom. The summed E-state index contributed by atoms with van der Waals surface area (Å²) in [5.41, 5.74) is 2.56. The molecule has 1 heterocycles. The third-order valence-electron chi connectivity index (χ3n) is 2.86. The molecule has 0 fully saturated rings. The predicted molar refractivity (Wildman–Crippen MR) is 59.4 cm³/mol. The van der Waals surface area contributed by atoms with E-state index >= 15 is 0 Å². The topological polar surface area (TPSA) is 17.8 Å². The molecule has 1 aromatic heterocycles. The highest BCUT2D eigenvalue weighted by atomic mass is 35.5. The summed E-state index contributed by atoms with van der Waals surface area (Å²) in [6, 6.07) is 0. The van der Waals surface area contributed by atoms with E-state index in [-0.39, 0.29) is 5.38 Å². The van der Waals surface area contributed by atoms with Gasteiger partial charge in [-0.2, -0.15) is 0 Å². The minimum atomic E-state index is 0.203. The van der Waals surface area contributed by atoms with Gasteiger partial charge in [0.15, 0.2) is 0 Å². The van der Waals surface area contributed by atoms with Gasteiger partial charge in [0, 0.05) is 7.05 Å². The average molecular weight is 211 g/mol. The van der Waals surface area contributed by atoms with Crippen molar-refractivity contribution in [2.75, 3.05) is 0 Å². The first-order chi connectivity index (χ1) is 6.68. The highest BCUT2D eigenvalue weighted by Crippen LogP contribution is 2.29. The lowest BCUT2D eigenvalue weighted by atomic mass is 9.97. The van der Waals surface area contributed by atoms with Crippen molar-refractivity contribution in [1.29, 1.82) is 0 Å². The number of allylic oxidation sites excluding steroid dienone is 2. The molecule has 1 aromatic rings. The Hall–Kier alpha value is -0.760. The molecule has 3 heteroatoms. The summed E-state index contributed by atoms with van der Waals surface area (Å²) in [7, 11) is 2.05. The zero-order valence-corrected chi connectivity index (χ0v) is 9.38. The van der Waals surface area contributed by atoms with E-state index < -0.39 is 0 Å². The standard InChI is InChI=1S/C11H15ClN2/c1-8-13-7-11(14(8)2)9-4-3-5-10(12)6-9/h6-7,10H,3-5H2,1-2H3. The smallest absolute Gasteiger partial charge is 0.105 e. The zero-order valence-electron chi connectivity index (χ0n) is 8.63. The maximum absolute atomic E-state index is 6.11. The van der Waals surface area contributed by atoms with Gasteiger partial charge in [0.1, 0.15) is 5.82 Å². The molecule has 0 aliphatic heterocycles. The molecule has 14 heavy (non-hydrogen) atoms. The fraction of sp³-hybridized carbons (Fsp3) is 0.545. The quantitative estimate of drug-likeness (QED) is 0.652. The summed E-state index contributed by atoms with van der Waals surface area (Å²) in [5, 5.41) is 0.203. The van der Waals surface area contributed by atoms with E-state index in [2.05, 4.69) is 22.7 Å². The van der Waals surface area contributed by atoms with E-state index in [1.807, 2.05) is 13.1 Å². The van der Waals surface area contributed by atoms with Gasteiger partial charge in [-0.15, -0.1) is 11.6 Å². The Labute approximate surface area is 89.6 Å². The molecule has 1 atom stereocenters. The lowest BCUT2D eigenvalue weighted by molar-refractivity contribution is 0.737. The van der Waals surface area contributed by atoms with Gasteiger partial charge in [0.2, 0.25) is 0 Å². The van der Waals surface area contributed by atoms with Crippen LogP contribution in [-0.4, -0.2) is 14.9 Å². The van der Waals surface area contributed by atoms with Gasteiger partial charge >= 0.3 is 0 Å². The van der Waals surface area contributed by atoms with E-state index in [1.165, 1.54) is 17.7 Å². The predicted octanol–water partition coefficient (Wildman–Crippen LogP) is 2.90. The second-order valence-corrected chi connectivity index (χ2v) is 4.41. The minimum absolute atomic E-state index is 0.203. The number of aryl methyl sites for hydroxylation is 1. The van der Waals surface area contributed by atoms with Crippen LogP contribution >= 0.6 is 11.6 Å². The van der Waals surface area contributed by atoms with E-state index in [0.29, 0.717) is 0 Å². The number of alkyl halides is 1. The summed E-state index contributed by atoms with van der Waals surface area (Å²) < 4.78 is 2.13. The van der Waals surface area contributed by atoms with Crippen molar-refractivity contribution in [2.45, 2.75) is 31.6 Å².